The molecule has 2 atom stereocenters. The maximum absolute atomic E-state index is 12.7. The Hall–Kier alpha value is -0.220. The first-order valence-corrected chi connectivity index (χ1v) is 9.01. The minimum absolute atomic E-state index is 0.140. The number of amides is 1. The summed E-state index contributed by atoms with van der Waals surface area (Å²) in [5.41, 5.74) is -0.140. The lowest BCUT2D eigenvalue weighted by atomic mass is 10.0. The van der Waals surface area contributed by atoms with Crippen molar-refractivity contribution in [2.75, 3.05) is 11.5 Å². The number of nitrogens with zero attached hydrogens (tertiary/aromatic N) is 1. The lowest BCUT2D eigenvalue weighted by Gasteiger charge is -2.33. The van der Waals surface area contributed by atoms with Crippen molar-refractivity contribution in [2.24, 2.45) is 5.92 Å². The molecule has 3 rings (SSSR count). The molecule has 0 aromatic rings. The molecule has 4 heteroatoms. The lowest BCUT2D eigenvalue weighted by Crippen LogP contribution is -2.48. The van der Waals surface area contributed by atoms with E-state index in [1.54, 1.807) is 0 Å². The van der Waals surface area contributed by atoms with Gasteiger partial charge in [0.05, 0.1) is 11.7 Å². The summed E-state index contributed by atoms with van der Waals surface area (Å²) in [5.74, 6) is 3.30. The Kier molecular flexibility index (Phi) is 3.82. The third-order valence-corrected chi connectivity index (χ3v) is 6.13. The first kappa shape index (κ1) is 13.7. The molecule has 3 nitrogen and oxygen atoms in total. The number of hydrogen-bond acceptors (Lipinski definition) is 3. The van der Waals surface area contributed by atoms with E-state index in [2.05, 4.69) is 24.1 Å². The van der Waals surface area contributed by atoms with Gasteiger partial charge in [-0.05, 0) is 44.3 Å². The maximum atomic E-state index is 12.7. The van der Waals surface area contributed by atoms with Crippen molar-refractivity contribution in [3.63, 3.8) is 0 Å². The van der Waals surface area contributed by atoms with Crippen molar-refractivity contribution >= 4 is 17.7 Å². The number of nitrogens with one attached hydrogen (secondary N) is 1. The molecule has 0 bridgehead atoms. The molecular weight excluding hydrogens is 256 g/mol. The third kappa shape index (κ3) is 2.42. The minimum atomic E-state index is -0.140. The molecule has 1 aliphatic heterocycles. The molecule has 2 saturated carbocycles. The summed E-state index contributed by atoms with van der Waals surface area (Å²) in [7, 11) is 0. The second-order valence-corrected chi connectivity index (χ2v) is 7.76. The zero-order valence-electron chi connectivity index (χ0n) is 12.2. The predicted octanol–water partition coefficient (Wildman–Crippen LogP) is 2.61. The van der Waals surface area contributed by atoms with Crippen molar-refractivity contribution in [3.8, 4) is 0 Å². The van der Waals surface area contributed by atoms with Crippen LogP contribution in [0, 0.1) is 5.92 Å². The fourth-order valence-corrected chi connectivity index (χ4v) is 4.47. The largest absolute Gasteiger partial charge is 0.322 e. The van der Waals surface area contributed by atoms with Crippen LogP contribution in [-0.4, -0.2) is 40.1 Å². The van der Waals surface area contributed by atoms with Gasteiger partial charge in [-0.3, -0.25) is 10.1 Å². The lowest BCUT2D eigenvalue weighted by molar-refractivity contribution is -0.132. The van der Waals surface area contributed by atoms with Gasteiger partial charge in [0.15, 0.2) is 0 Å². The summed E-state index contributed by atoms with van der Waals surface area (Å²) in [5, 5.41) is 3.71. The number of carbonyl (C=O) groups is 1. The van der Waals surface area contributed by atoms with E-state index >= 15 is 0 Å². The number of carbonyl (C=O) groups excluding carboxylic acids is 1. The van der Waals surface area contributed by atoms with Gasteiger partial charge in [-0.2, -0.15) is 11.8 Å². The van der Waals surface area contributed by atoms with Gasteiger partial charge in [-0.25, -0.2) is 0 Å². The predicted molar refractivity (Wildman–Crippen MR) is 80.2 cm³/mol. The molecule has 0 radical (unpaired) electrons. The molecule has 1 spiro atoms. The normalized spacial score (nSPS) is 31.4. The van der Waals surface area contributed by atoms with E-state index in [0.29, 0.717) is 24.0 Å². The van der Waals surface area contributed by atoms with Crippen LogP contribution >= 0.6 is 11.8 Å². The minimum Gasteiger partial charge on any atom is -0.322 e. The molecule has 1 heterocycles. The van der Waals surface area contributed by atoms with Gasteiger partial charge in [-0.1, -0.05) is 19.8 Å². The van der Waals surface area contributed by atoms with Crippen molar-refractivity contribution in [1.29, 1.82) is 0 Å². The van der Waals surface area contributed by atoms with Gasteiger partial charge in [0.1, 0.15) is 0 Å². The van der Waals surface area contributed by atoms with Crippen LogP contribution in [0.5, 0.6) is 0 Å². The van der Waals surface area contributed by atoms with Crippen LogP contribution in [0.4, 0.5) is 0 Å². The highest BCUT2D eigenvalue weighted by atomic mass is 32.2. The van der Waals surface area contributed by atoms with E-state index in [1.807, 2.05) is 11.8 Å². The Bertz CT molecular complexity index is 350. The van der Waals surface area contributed by atoms with E-state index in [-0.39, 0.29) is 5.54 Å². The molecular formula is C15H26N2OS. The molecule has 2 unspecified atom stereocenters. The third-order valence-electron chi connectivity index (χ3n) is 5.00. The Labute approximate surface area is 120 Å². The fraction of sp³-hybridized carbons (Fsp3) is 0.933. The highest BCUT2D eigenvalue weighted by molar-refractivity contribution is 7.99. The molecule has 3 fully saturated rings. The maximum Gasteiger partial charge on any atom is 0.244 e. The van der Waals surface area contributed by atoms with Gasteiger partial charge < -0.3 is 4.90 Å². The van der Waals surface area contributed by atoms with Crippen LogP contribution < -0.4 is 5.32 Å². The quantitative estimate of drug-likeness (QED) is 0.841. The first-order valence-electron chi connectivity index (χ1n) is 7.86. The van der Waals surface area contributed by atoms with Crippen LogP contribution in [0.15, 0.2) is 0 Å². The van der Waals surface area contributed by atoms with Gasteiger partial charge in [-0.15, -0.1) is 0 Å². The van der Waals surface area contributed by atoms with E-state index in [1.165, 1.54) is 25.7 Å². The molecule has 1 saturated heterocycles. The molecule has 19 heavy (non-hydrogen) atoms. The smallest absolute Gasteiger partial charge is 0.244 e. The van der Waals surface area contributed by atoms with Crippen LogP contribution in [-0.2, 0) is 4.79 Å². The SMILES string of the molecule is CCSCC(C)N1C(=O)C2(CC2)NC1C1CCCC1. The van der Waals surface area contributed by atoms with E-state index < -0.39 is 0 Å². The first-order chi connectivity index (χ1) is 9.18. The van der Waals surface area contributed by atoms with E-state index in [0.717, 1.165) is 24.3 Å². The highest BCUT2D eigenvalue weighted by Gasteiger charge is 2.61. The number of thioether (sulfide) groups is 1. The van der Waals surface area contributed by atoms with Crippen LogP contribution in [0.1, 0.15) is 52.4 Å². The molecule has 1 N–H and O–H groups in total. The summed E-state index contributed by atoms with van der Waals surface area (Å²) < 4.78 is 0. The summed E-state index contributed by atoms with van der Waals surface area (Å²) in [6.45, 7) is 4.42. The van der Waals surface area contributed by atoms with Crippen LogP contribution in [0.25, 0.3) is 0 Å². The van der Waals surface area contributed by atoms with Crippen LogP contribution in [0.2, 0.25) is 0 Å². The average molecular weight is 282 g/mol. The van der Waals surface area contributed by atoms with Gasteiger partial charge in [0.25, 0.3) is 0 Å². The fourth-order valence-electron chi connectivity index (χ4n) is 3.73. The van der Waals surface area contributed by atoms with Crippen LogP contribution in [0.3, 0.4) is 0 Å². The summed E-state index contributed by atoms with van der Waals surface area (Å²) in [4.78, 5) is 14.9. The zero-order valence-corrected chi connectivity index (χ0v) is 13.0. The number of hydrogen-bond donors (Lipinski definition) is 1. The molecule has 1 amide bonds. The Morgan fingerprint density at radius 2 is 2.11 bits per heavy atom. The summed E-state index contributed by atoms with van der Waals surface area (Å²) in [6.07, 6.45) is 7.71. The Morgan fingerprint density at radius 3 is 2.68 bits per heavy atom. The zero-order chi connectivity index (χ0) is 13.5. The second-order valence-electron chi connectivity index (χ2n) is 6.44. The monoisotopic (exact) mass is 282 g/mol. The summed E-state index contributed by atoms with van der Waals surface area (Å²) in [6, 6.07) is 0.371. The van der Waals surface area contributed by atoms with Gasteiger partial charge >= 0.3 is 0 Å². The Morgan fingerprint density at radius 1 is 1.42 bits per heavy atom. The van der Waals surface area contributed by atoms with Crippen molar-refractivity contribution in [1.82, 2.24) is 10.2 Å². The van der Waals surface area contributed by atoms with Gasteiger partial charge in [0, 0.05) is 11.8 Å². The average Bonchev–Trinajstić information content (AvgIpc) is 2.87. The van der Waals surface area contributed by atoms with Crippen molar-refractivity contribution < 1.29 is 4.79 Å². The van der Waals surface area contributed by atoms with Crippen molar-refractivity contribution in [2.45, 2.75) is 70.1 Å². The number of rotatable bonds is 5. The van der Waals surface area contributed by atoms with E-state index in [9.17, 15) is 4.79 Å². The summed E-state index contributed by atoms with van der Waals surface area (Å²) >= 11 is 1.95. The van der Waals surface area contributed by atoms with Crippen molar-refractivity contribution in [3.05, 3.63) is 0 Å². The van der Waals surface area contributed by atoms with Gasteiger partial charge in [0.2, 0.25) is 5.91 Å². The molecule has 2 aliphatic carbocycles. The molecule has 3 aliphatic rings. The second kappa shape index (κ2) is 5.28. The standard InChI is InChI=1S/C15H26N2OS/c1-3-19-10-11(2)17-13(12-6-4-5-7-12)16-15(8-9-15)14(17)18/h11-13,16H,3-10H2,1-2H3. The van der Waals surface area contributed by atoms with E-state index in [4.69, 9.17) is 0 Å². The molecule has 0 aromatic heterocycles. The molecule has 0 aromatic carbocycles. The topological polar surface area (TPSA) is 32.3 Å². The molecule has 108 valence electrons. The highest BCUT2D eigenvalue weighted by Crippen LogP contribution is 2.46. The Balaban J connectivity index is 1.74.